The lowest BCUT2D eigenvalue weighted by molar-refractivity contribution is 0.470. The van der Waals surface area contributed by atoms with Crippen LogP contribution in [0.5, 0.6) is 11.5 Å². The molecule has 0 radical (unpaired) electrons. The zero-order valence-electron chi connectivity index (χ0n) is 12.7. The molecule has 2 nitrogen and oxygen atoms in total. The van der Waals surface area contributed by atoms with Crippen molar-refractivity contribution in [1.29, 1.82) is 0 Å². The highest BCUT2D eigenvalue weighted by molar-refractivity contribution is 5.50. The van der Waals surface area contributed by atoms with E-state index in [9.17, 15) is 10.2 Å². The van der Waals surface area contributed by atoms with Crippen molar-refractivity contribution in [2.24, 2.45) is 0 Å². The number of aryl methyl sites for hydroxylation is 2. The summed E-state index contributed by atoms with van der Waals surface area (Å²) < 4.78 is 0. The molecule has 0 aromatic heterocycles. The Balaban J connectivity index is 2.20. The fourth-order valence-corrected chi connectivity index (χ4v) is 4.03. The van der Waals surface area contributed by atoms with Crippen LogP contribution in [-0.2, 0) is 5.41 Å². The molecule has 0 heterocycles. The van der Waals surface area contributed by atoms with Gasteiger partial charge in [0.25, 0.3) is 0 Å². The first-order valence-electron chi connectivity index (χ1n) is 7.63. The van der Waals surface area contributed by atoms with Gasteiger partial charge in [-0.15, -0.1) is 0 Å². The Morgan fingerprint density at radius 3 is 1.57 bits per heavy atom. The van der Waals surface area contributed by atoms with Gasteiger partial charge < -0.3 is 10.2 Å². The molecule has 1 aliphatic rings. The summed E-state index contributed by atoms with van der Waals surface area (Å²) in [5.41, 5.74) is 4.93. The van der Waals surface area contributed by atoms with E-state index in [1.165, 1.54) is 24.0 Å². The number of hydrogen-bond acceptors (Lipinski definition) is 2. The summed E-state index contributed by atoms with van der Waals surface area (Å²) in [6.45, 7) is 4.15. The van der Waals surface area contributed by atoms with E-state index in [-0.39, 0.29) is 5.41 Å². The molecule has 0 aliphatic heterocycles. The number of phenolic OH excluding ortho intramolecular Hbond substituents is 2. The molecular formula is C19H22O2. The summed E-state index contributed by atoms with van der Waals surface area (Å²) >= 11 is 0. The highest BCUT2D eigenvalue weighted by Crippen LogP contribution is 2.49. The van der Waals surface area contributed by atoms with Gasteiger partial charge in [-0.25, -0.2) is 0 Å². The van der Waals surface area contributed by atoms with E-state index >= 15 is 0 Å². The fraction of sp³-hybridized carbons (Fsp3) is 0.368. The van der Waals surface area contributed by atoms with Gasteiger partial charge in [-0.3, -0.25) is 0 Å². The van der Waals surface area contributed by atoms with Crippen LogP contribution in [0.4, 0.5) is 0 Å². The lowest BCUT2D eigenvalue weighted by Gasteiger charge is -2.33. The van der Waals surface area contributed by atoms with E-state index in [1.54, 1.807) is 12.1 Å². The second-order valence-corrected chi connectivity index (χ2v) is 6.29. The third-order valence-electron chi connectivity index (χ3n) is 4.91. The van der Waals surface area contributed by atoms with Crippen molar-refractivity contribution in [3.05, 3.63) is 58.7 Å². The van der Waals surface area contributed by atoms with Gasteiger partial charge in [0.1, 0.15) is 11.5 Å². The van der Waals surface area contributed by atoms with Crippen LogP contribution in [0.3, 0.4) is 0 Å². The van der Waals surface area contributed by atoms with Gasteiger partial charge in [0, 0.05) is 5.41 Å². The van der Waals surface area contributed by atoms with Crippen molar-refractivity contribution < 1.29 is 10.2 Å². The molecule has 1 aliphatic carbocycles. The third kappa shape index (κ3) is 2.29. The first-order chi connectivity index (χ1) is 10.0. The van der Waals surface area contributed by atoms with Crippen molar-refractivity contribution in [3.63, 3.8) is 0 Å². The molecule has 0 saturated heterocycles. The van der Waals surface area contributed by atoms with E-state index in [2.05, 4.69) is 26.0 Å². The monoisotopic (exact) mass is 282 g/mol. The van der Waals surface area contributed by atoms with Crippen LogP contribution in [0, 0.1) is 13.8 Å². The van der Waals surface area contributed by atoms with E-state index in [4.69, 9.17) is 0 Å². The summed E-state index contributed by atoms with van der Waals surface area (Å²) in [5.74, 6) is 0.652. The molecule has 0 atom stereocenters. The number of hydrogen-bond donors (Lipinski definition) is 2. The smallest absolute Gasteiger partial charge is 0.115 e. The molecule has 0 spiro atoms. The topological polar surface area (TPSA) is 40.5 Å². The van der Waals surface area contributed by atoms with Gasteiger partial charge in [-0.05, 0) is 73.2 Å². The van der Waals surface area contributed by atoms with E-state index < -0.39 is 0 Å². The summed E-state index contributed by atoms with van der Waals surface area (Å²) in [4.78, 5) is 0. The molecule has 110 valence electrons. The predicted octanol–water partition coefficient (Wildman–Crippen LogP) is 4.57. The van der Waals surface area contributed by atoms with Crippen LogP contribution in [-0.4, -0.2) is 10.2 Å². The maximum Gasteiger partial charge on any atom is 0.115 e. The van der Waals surface area contributed by atoms with Crippen LogP contribution in [0.25, 0.3) is 0 Å². The zero-order valence-corrected chi connectivity index (χ0v) is 12.7. The second-order valence-electron chi connectivity index (χ2n) is 6.29. The molecule has 2 aromatic carbocycles. The molecule has 2 N–H and O–H groups in total. The first-order valence-corrected chi connectivity index (χ1v) is 7.63. The Labute approximate surface area is 126 Å². The van der Waals surface area contributed by atoms with Gasteiger partial charge in [-0.2, -0.15) is 0 Å². The summed E-state index contributed by atoms with van der Waals surface area (Å²) in [5, 5.41) is 19.4. The highest BCUT2D eigenvalue weighted by Gasteiger charge is 2.39. The average Bonchev–Trinajstić information content (AvgIpc) is 2.88. The first kappa shape index (κ1) is 14.0. The number of aromatic hydroxyl groups is 2. The number of rotatable bonds is 2. The number of benzene rings is 2. The standard InChI is InChI=1S/C19H22O2/c1-13-11-15(20)5-7-17(13)19(9-3-4-10-19)18-8-6-16(21)12-14(18)2/h5-8,11-12,20-21H,3-4,9-10H2,1-2H3. The molecule has 2 heteroatoms. The lowest BCUT2D eigenvalue weighted by Crippen LogP contribution is -2.26. The average molecular weight is 282 g/mol. The van der Waals surface area contributed by atoms with Crippen molar-refractivity contribution in [3.8, 4) is 11.5 Å². The molecule has 21 heavy (non-hydrogen) atoms. The van der Waals surface area contributed by atoms with Crippen molar-refractivity contribution in [1.82, 2.24) is 0 Å². The van der Waals surface area contributed by atoms with E-state index in [1.807, 2.05) is 12.1 Å². The Hall–Kier alpha value is -1.96. The van der Waals surface area contributed by atoms with Gasteiger partial charge in [0.2, 0.25) is 0 Å². The number of phenols is 2. The maximum absolute atomic E-state index is 9.69. The normalized spacial score (nSPS) is 17.0. The van der Waals surface area contributed by atoms with Crippen LogP contribution in [0.15, 0.2) is 36.4 Å². The minimum atomic E-state index is 0.0234. The summed E-state index contributed by atoms with van der Waals surface area (Å²) in [6, 6.07) is 11.4. The molecule has 2 aromatic rings. The van der Waals surface area contributed by atoms with Crippen molar-refractivity contribution in [2.75, 3.05) is 0 Å². The predicted molar refractivity (Wildman–Crippen MR) is 84.9 cm³/mol. The van der Waals surface area contributed by atoms with E-state index in [0.717, 1.165) is 24.0 Å². The van der Waals surface area contributed by atoms with Gasteiger partial charge in [0.05, 0.1) is 0 Å². The highest BCUT2D eigenvalue weighted by atomic mass is 16.3. The summed E-state index contributed by atoms with van der Waals surface area (Å²) in [7, 11) is 0. The Kier molecular flexibility index (Phi) is 3.40. The Morgan fingerprint density at radius 2 is 1.19 bits per heavy atom. The van der Waals surface area contributed by atoms with E-state index in [0.29, 0.717) is 11.5 Å². The van der Waals surface area contributed by atoms with Crippen LogP contribution < -0.4 is 0 Å². The molecular weight excluding hydrogens is 260 g/mol. The van der Waals surface area contributed by atoms with Gasteiger partial charge in [-0.1, -0.05) is 25.0 Å². The van der Waals surface area contributed by atoms with Crippen LogP contribution >= 0.6 is 0 Å². The molecule has 0 bridgehead atoms. The minimum Gasteiger partial charge on any atom is -0.508 e. The Morgan fingerprint density at radius 1 is 0.762 bits per heavy atom. The fourth-order valence-electron chi connectivity index (χ4n) is 4.03. The third-order valence-corrected chi connectivity index (χ3v) is 4.91. The van der Waals surface area contributed by atoms with Gasteiger partial charge in [0.15, 0.2) is 0 Å². The Bertz CT molecular complexity index is 614. The lowest BCUT2D eigenvalue weighted by atomic mass is 9.70. The second kappa shape index (κ2) is 5.10. The SMILES string of the molecule is Cc1cc(O)ccc1C1(c2ccc(O)cc2C)CCCC1. The van der Waals surface area contributed by atoms with Crippen LogP contribution in [0.1, 0.15) is 47.9 Å². The molecule has 1 fully saturated rings. The van der Waals surface area contributed by atoms with Crippen molar-refractivity contribution in [2.45, 2.75) is 44.9 Å². The molecule has 0 amide bonds. The quantitative estimate of drug-likeness (QED) is 0.846. The summed E-state index contributed by atoms with van der Waals surface area (Å²) in [6.07, 6.45) is 4.70. The molecule has 3 rings (SSSR count). The largest absolute Gasteiger partial charge is 0.508 e. The zero-order chi connectivity index (χ0) is 15.0. The maximum atomic E-state index is 9.69. The minimum absolute atomic E-state index is 0.0234. The van der Waals surface area contributed by atoms with Crippen molar-refractivity contribution >= 4 is 0 Å². The van der Waals surface area contributed by atoms with Gasteiger partial charge >= 0.3 is 0 Å². The molecule has 0 unspecified atom stereocenters. The molecule has 1 saturated carbocycles. The van der Waals surface area contributed by atoms with Crippen LogP contribution in [0.2, 0.25) is 0 Å².